The van der Waals surface area contributed by atoms with E-state index in [4.69, 9.17) is 37.0 Å². The first-order valence-corrected chi connectivity index (χ1v) is 42.1. The van der Waals surface area contributed by atoms with Crippen molar-refractivity contribution in [1.82, 2.24) is 0 Å². The molecule has 0 saturated carbocycles. The van der Waals surface area contributed by atoms with Gasteiger partial charge in [0.15, 0.2) is 12.2 Å². The molecule has 0 radical (unpaired) electrons. The number of carbonyl (C=O) groups is 4. The van der Waals surface area contributed by atoms with Crippen LogP contribution in [0.3, 0.4) is 0 Å². The molecule has 17 nitrogen and oxygen atoms in total. The number of rotatable bonds is 75. The fourth-order valence-corrected chi connectivity index (χ4v) is 13.1. The van der Waals surface area contributed by atoms with E-state index < -0.39 is 97.5 Å². The average molecular weight is 1380 g/mol. The van der Waals surface area contributed by atoms with Crippen LogP contribution in [0.25, 0.3) is 0 Å². The van der Waals surface area contributed by atoms with E-state index in [9.17, 15) is 43.2 Å². The van der Waals surface area contributed by atoms with Crippen LogP contribution in [0, 0.1) is 5.92 Å². The van der Waals surface area contributed by atoms with Crippen molar-refractivity contribution in [2.45, 2.75) is 412 Å². The maximum Gasteiger partial charge on any atom is 0.472 e. The van der Waals surface area contributed by atoms with Crippen molar-refractivity contribution in [3.05, 3.63) is 0 Å². The molecule has 5 atom stereocenters. The van der Waals surface area contributed by atoms with E-state index >= 15 is 0 Å². The van der Waals surface area contributed by atoms with Crippen molar-refractivity contribution < 1.29 is 80.2 Å². The molecule has 0 spiro atoms. The third-order valence-electron chi connectivity index (χ3n) is 17.5. The molecule has 0 aliphatic heterocycles. The van der Waals surface area contributed by atoms with Gasteiger partial charge in [-0.15, -0.1) is 0 Å². The Kier molecular flexibility index (Phi) is 66.8. The van der Waals surface area contributed by atoms with Crippen molar-refractivity contribution in [2.24, 2.45) is 5.92 Å². The van der Waals surface area contributed by atoms with Gasteiger partial charge in [-0.05, 0) is 31.6 Å². The van der Waals surface area contributed by atoms with Crippen molar-refractivity contribution in [3.63, 3.8) is 0 Å². The summed E-state index contributed by atoms with van der Waals surface area (Å²) in [5, 5.41) is 10.6. The number of esters is 4. The summed E-state index contributed by atoms with van der Waals surface area (Å²) in [6.45, 7) is 7.24. The molecular formula is C75H146O17P2. The van der Waals surface area contributed by atoms with Crippen LogP contribution in [0.15, 0.2) is 0 Å². The Morgan fingerprint density at radius 3 is 0.723 bits per heavy atom. The Morgan fingerprint density at radius 2 is 0.489 bits per heavy atom. The van der Waals surface area contributed by atoms with Crippen LogP contribution in [0.1, 0.15) is 394 Å². The van der Waals surface area contributed by atoms with Crippen molar-refractivity contribution in [2.75, 3.05) is 39.6 Å². The first-order valence-electron chi connectivity index (χ1n) is 39.1. The number of ether oxygens (including phenoxy) is 4. The van der Waals surface area contributed by atoms with Crippen LogP contribution < -0.4 is 0 Å². The minimum atomic E-state index is -4.95. The molecule has 19 heteroatoms. The fraction of sp³-hybridized carbons (Fsp3) is 0.947. The first kappa shape index (κ1) is 92.1. The third-order valence-corrected chi connectivity index (χ3v) is 19.4. The molecule has 2 unspecified atom stereocenters. The molecule has 0 aromatic carbocycles. The minimum Gasteiger partial charge on any atom is -0.462 e. The van der Waals surface area contributed by atoms with Crippen LogP contribution in [0.4, 0.5) is 0 Å². The molecular weight excluding hydrogens is 1230 g/mol. The standard InChI is InChI=1S/C75H146O17P2/c1-6-9-12-15-17-19-21-23-28-33-36-40-44-49-54-59-73(78)86-65-71(92-75(80)61-56-51-46-42-38-34-30-27-25-24-26-29-32-35-39-43-48-52-57-68(4)5)67-90-94(83,84)88-63-69(76)62-87-93(81,82)89-66-70(64-85-72(77)58-53-47-14-11-8-3)91-74(79)60-55-50-45-41-37-31-22-20-18-16-13-10-7-2/h68-71,76H,6-67H2,1-5H3,(H,81,82)(H,83,84)/t69-,70+,71+/m0/s1. The lowest BCUT2D eigenvalue weighted by Gasteiger charge is -2.21. The summed E-state index contributed by atoms with van der Waals surface area (Å²) in [6.07, 6.45) is 57.3. The number of phosphoric ester groups is 2. The highest BCUT2D eigenvalue weighted by molar-refractivity contribution is 7.47. The Labute approximate surface area is 575 Å². The zero-order chi connectivity index (χ0) is 69.1. The lowest BCUT2D eigenvalue weighted by atomic mass is 10.0. The summed E-state index contributed by atoms with van der Waals surface area (Å²) >= 11 is 0. The normalized spacial score (nSPS) is 14.0. The molecule has 0 aromatic heterocycles. The zero-order valence-electron chi connectivity index (χ0n) is 61.1. The molecule has 94 heavy (non-hydrogen) atoms. The zero-order valence-corrected chi connectivity index (χ0v) is 62.9. The summed E-state index contributed by atoms with van der Waals surface area (Å²) in [5.41, 5.74) is 0. The van der Waals surface area contributed by atoms with Gasteiger partial charge in [0.25, 0.3) is 0 Å². The first-order chi connectivity index (χ1) is 45.5. The summed E-state index contributed by atoms with van der Waals surface area (Å²) in [6, 6.07) is 0. The number of hydrogen-bond acceptors (Lipinski definition) is 15. The van der Waals surface area contributed by atoms with E-state index in [-0.39, 0.29) is 25.7 Å². The highest BCUT2D eigenvalue weighted by atomic mass is 31.2. The van der Waals surface area contributed by atoms with Gasteiger partial charge in [-0.25, -0.2) is 9.13 Å². The second-order valence-corrected chi connectivity index (χ2v) is 30.4. The van der Waals surface area contributed by atoms with Gasteiger partial charge in [0, 0.05) is 25.7 Å². The molecule has 0 fully saturated rings. The Hall–Kier alpha value is -1.94. The number of aliphatic hydroxyl groups is 1. The van der Waals surface area contributed by atoms with Crippen molar-refractivity contribution in [1.29, 1.82) is 0 Å². The van der Waals surface area contributed by atoms with Gasteiger partial charge in [0.05, 0.1) is 26.4 Å². The summed E-state index contributed by atoms with van der Waals surface area (Å²) in [7, 11) is -9.90. The average Bonchev–Trinajstić information content (AvgIpc) is 1.74. The van der Waals surface area contributed by atoms with E-state index in [0.29, 0.717) is 25.7 Å². The summed E-state index contributed by atoms with van der Waals surface area (Å²) in [5.74, 6) is -1.30. The molecule has 0 aliphatic rings. The molecule has 0 bridgehead atoms. The van der Waals surface area contributed by atoms with Crippen LogP contribution in [0.5, 0.6) is 0 Å². The number of aliphatic hydroxyl groups excluding tert-OH is 1. The number of hydrogen-bond donors (Lipinski definition) is 3. The highest BCUT2D eigenvalue weighted by Crippen LogP contribution is 2.45. The molecule has 0 saturated heterocycles. The largest absolute Gasteiger partial charge is 0.472 e. The van der Waals surface area contributed by atoms with Gasteiger partial charge in [-0.3, -0.25) is 37.3 Å². The second kappa shape index (κ2) is 68.2. The van der Waals surface area contributed by atoms with E-state index in [1.165, 1.54) is 212 Å². The lowest BCUT2D eigenvalue weighted by Crippen LogP contribution is -2.30. The minimum absolute atomic E-state index is 0.107. The highest BCUT2D eigenvalue weighted by Gasteiger charge is 2.30. The maximum atomic E-state index is 13.1. The number of carbonyl (C=O) groups excluding carboxylic acids is 4. The predicted molar refractivity (Wildman–Crippen MR) is 382 cm³/mol. The lowest BCUT2D eigenvalue weighted by molar-refractivity contribution is -0.161. The van der Waals surface area contributed by atoms with E-state index in [1.54, 1.807) is 0 Å². The van der Waals surface area contributed by atoms with Gasteiger partial charge in [-0.2, -0.15) is 0 Å². The van der Waals surface area contributed by atoms with E-state index in [1.807, 2.05) is 0 Å². The third kappa shape index (κ3) is 68.6. The quantitative estimate of drug-likeness (QED) is 0.0222. The van der Waals surface area contributed by atoms with Crippen molar-refractivity contribution in [3.8, 4) is 0 Å². The second-order valence-electron chi connectivity index (χ2n) is 27.5. The molecule has 0 aliphatic carbocycles. The summed E-state index contributed by atoms with van der Waals surface area (Å²) < 4.78 is 68.3. The van der Waals surface area contributed by atoms with Crippen LogP contribution in [-0.4, -0.2) is 96.7 Å². The monoisotopic (exact) mass is 1380 g/mol. The summed E-state index contributed by atoms with van der Waals surface area (Å²) in [4.78, 5) is 72.5. The van der Waals surface area contributed by atoms with Gasteiger partial charge in [0.1, 0.15) is 19.3 Å². The van der Waals surface area contributed by atoms with Gasteiger partial charge >= 0.3 is 39.5 Å². The van der Waals surface area contributed by atoms with E-state index in [2.05, 4.69) is 34.6 Å². The Morgan fingerprint density at radius 1 is 0.287 bits per heavy atom. The molecule has 0 rings (SSSR count). The van der Waals surface area contributed by atoms with Gasteiger partial charge in [-0.1, -0.05) is 343 Å². The van der Waals surface area contributed by atoms with Gasteiger partial charge in [0.2, 0.25) is 0 Å². The van der Waals surface area contributed by atoms with E-state index in [0.717, 1.165) is 102 Å². The van der Waals surface area contributed by atoms with Crippen LogP contribution in [-0.2, 0) is 65.4 Å². The van der Waals surface area contributed by atoms with Gasteiger partial charge < -0.3 is 33.8 Å². The topological polar surface area (TPSA) is 237 Å². The SMILES string of the molecule is CCCCCCCCCCCCCCCCCC(=O)OC[C@H](COP(=O)(O)OC[C@@H](O)COP(=O)(O)OC[C@@H](COC(=O)CCCCCCC)OC(=O)CCCCCCCCCCCCCCC)OC(=O)CCCCCCCCCCCCCCCCCCCCC(C)C. The number of unbranched alkanes of at least 4 members (excludes halogenated alkanes) is 47. The molecule has 0 heterocycles. The van der Waals surface area contributed by atoms with Crippen LogP contribution in [0.2, 0.25) is 0 Å². The Balaban J connectivity index is 5.12. The molecule has 3 N–H and O–H groups in total. The predicted octanol–water partition coefficient (Wildman–Crippen LogP) is 22.1. The smallest absolute Gasteiger partial charge is 0.462 e. The number of phosphoric acid groups is 2. The fourth-order valence-electron chi connectivity index (χ4n) is 11.5. The van der Waals surface area contributed by atoms with Crippen molar-refractivity contribution >= 4 is 39.5 Å². The molecule has 0 amide bonds. The Bertz CT molecular complexity index is 1810. The van der Waals surface area contributed by atoms with Crippen LogP contribution >= 0.6 is 15.6 Å². The maximum absolute atomic E-state index is 13.1. The molecule has 558 valence electrons. The molecule has 0 aromatic rings.